The van der Waals surface area contributed by atoms with Gasteiger partial charge in [0.2, 0.25) is 0 Å². The number of nitrogens with zero attached hydrogens (tertiary/aromatic N) is 4. The Morgan fingerprint density at radius 2 is 0.901 bits per heavy atom. The first-order valence-electron chi connectivity index (χ1n) is 35.1. The lowest BCUT2D eigenvalue weighted by Crippen LogP contribution is -2.61. The van der Waals surface area contributed by atoms with E-state index in [4.69, 9.17) is 0 Å². The van der Waals surface area contributed by atoms with Crippen LogP contribution in [0.1, 0.15) is 141 Å². The van der Waals surface area contributed by atoms with E-state index in [2.05, 4.69) is 236 Å². The molecule has 5 heterocycles. The van der Waals surface area contributed by atoms with Crippen molar-refractivity contribution < 1.29 is 0 Å². The van der Waals surface area contributed by atoms with Gasteiger partial charge in [-0.3, -0.25) is 0 Å². The van der Waals surface area contributed by atoms with E-state index in [9.17, 15) is 0 Å². The number of rotatable bonds is 5. The van der Waals surface area contributed by atoms with E-state index in [1.807, 2.05) is 0 Å². The molecule has 8 bridgehead atoms. The summed E-state index contributed by atoms with van der Waals surface area (Å²) in [6.07, 6.45) is 16.9. The SMILES string of the molecule is CC(C)(C)c1ccc2c(c1)c1cc(C(C)(C)C)cc3c1n2-c1cc(-n2c4ccc5cccc6c5c4c4c5c7c-6cccc7n(-c6ccccc6)c5ccc42)cc2c1B3c1cc(C34CC5CC(CC(C5)C3)C4)ccc1N2c1ccc(C23CC4CC(CC(C4)C2)C3)cc1. The van der Waals surface area contributed by atoms with Crippen LogP contribution in [0.25, 0.3) is 104 Å². The number of benzene rings is 10. The molecule has 0 N–H and O–H groups in total. The number of fused-ring (bicyclic) bond motifs is 8. The van der Waals surface area contributed by atoms with Gasteiger partial charge in [0.25, 0.3) is 6.71 Å². The summed E-state index contributed by atoms with van der Waals surface area (Å²) < 4.78 is 8.00. The molecule has 2 aliphatic heterocycles. The Balaban J connectivity index is 0.872. The van der Waals surface area contributed by atoms with Gasteiger partial charge in [-0.15, -0.1) is 0 Å². The van der Waals surface area contributed by atoms with Crippen molar-refractivity contribution in [1.29, 1.82) is 0 Å². The molecule has 0 amide bonds. The minimum atomic E-state index is -0.0700. The molecule has 0 saturated heterocycles. The highest BCUT2D eigenvalue weighted by Gasteiger charge is 2.54. The highest BCUT2D eigenvalue weighted by Crippen LogP contribution is 2.63. The zero-order chi connectivity index (χ0) is 60.1. The fourth-order valence-electron chi connectivity index (χ4n) is 23.1. The number of hydrogen-bond donors (Lipinski definition) is 0. The number of hydrogen-bond acceptors (Lipinski definition) is 1. The van der Waals surface area contributed by atoms with Gasteiger partial charge in [-0.1, -0.05) is 133 Å². The van der Waals surface area contributed by atoms with Gasteiger partial charge >= 0.3 is 0 Å². The lowest BCUT2D eigenvalue weighted by molar-refractivity contribution is -0.00528. The number of aromatic nitrogens is 3. The van der Waals surface area contributed by atoms with E-state index in [-0.39, 0.29) is 23.0 Å². The maximum Gasteiger partial charge on any atom is 0.252 e. The summed E-state index contributed by atoms with van der Waals surface area (Å²) in [5, 5.41) is 10.8. The smallest absolute Gasteiger partial charge is 0.252 e. The van der Waals surface area contributed by atoms with E-state index in [0.29, 0.717) is 5.41 Å². The maximum atomic E-state index is 2.83. The Kier molecular flexibility index (Phi) is 9.62. The molecule has 8 saturated carbocycles. The standard InChI is InChI=1S/C86H77BN4/c1-83(2,3)56-21-26-68-64(36-56)65-37-58(84(4,5)6)39-67-82(65)91(68)75-41-61(90-71-25-18-54-12-10-15-62-63-16-11-17-70-77(63)79-72(89(70)59-13-8-7-9-14-59)28-29-73(90)80(79)78(71)76(54)62)40-74-81(75)87(67)66-38-57(86-45-51-33-52(46-86)35-53(34-51)47-86)22-27-69(66)88(74)60-23-19-55(20-24-60)85-42-48-30-49(43-85)32-50(31-48)44-85/h7-29,36-41,48-53H,30-35,42-47H2,1-6H3. The molecule has 24 rings (SSSR count). The van der Waals surface area contributed by atoms with E-state index >= 15 is 0 Å². The Morgan fingerprint density at radius 1 is 0.363 bits per heavy atom. The van der Waals surface area contributed by atoms with E-state index in [1.54, 1.807) is 11.1 Å². The quantitative estimate of drug-likeness (QED) is 0.157. The van der Waals surface area contributed by atoms with Crippen LogP contribution in [0.15, 0.2) is 176 Å². The van der Waals surface area contributed by atoms with E-state index < -0.39 is 0 Å². The van der Waals surface area contributed by atoms with Crippen LogP contribution in [0.5, 0.6) is 0 Å². The second-order valence-electron chi connectivity index (χ2n) is 33.3. The molecule has 444 valence electrons. The summed E-state index contributed by atoms with van der Waals surface area (Å²) in [5.41, 5.74) is 28.8. The highest BCUT2D eigenvalue weighted by molar-refractivity contribution is 7.00. The van der Waals surface area contributed by atoms with Crippen molar-refractivity contribution in [1.82, 2.24) is 13.7 Å². The van der Waals surface area contributed by atoms with Gasteiger partial charge in [0.1, 0.15) is 0 Å². The molecule has 0 radical (unpaired) electrons. The third-order valence-electron chi connectivity index (χ3n) is 26.1. The molecular weight excluding hydrogens is 1100 g/mol. The van der Waals surface area contributed by atoms with Crippen molar-refractivity contribution in [2.24, 2.45) is 35.5 Å². The molecule has 5 heteroatoms. The predicted octanol–water partition coefficient (Wildman–Crippen LogP) is 20.3. The molecule has 11 aliphatic rings. The van der Waals surface area contributed by atoms with E-state index in [0.717, 1.165) is 35.5 Å². The summed E-state index contributed by atoms with van der Waals surface area (Å²) in [7, 11) is 0. The topological polar surface area (TPSA) is 18.0 Å². The molecule has 0 unspecified atom stereocenters. The molecular formula is C86H77BN4. The minimum absolute atomic E-state index is 0.0158. The van der Waals surface area contributed by atoms with Crippen molar-refractivity contribution in [3.05, 3.63) is 198 Å². The van der Waals surface area contributed by atoms with Crippen molar-refractivity contribution >= 4 is 116 Å². The summed E-state index contributed by atoms with van der Waals surface area (Å²) in [5.74, 6) is 5.28. The van der Waals surface area contributed by atoms with Gasteiger partial charge in [-0.25, -0.2) is 0 Å². The predicted molar refractivity (Wildman–Crippen MR) is 382 cm³/mol. The summed E-state index contributed by atoms with van der Waals surface area (Å²) in [6.45, 7) is 14.5. The van der Waals surface area contributed by atoms with Gasteiger partial charge in [-0.05, 0) is 280 Å². The second kappa shape index (κ2) is 17.1. The minimum Gasteiger partial charge on any atom is -0.311 e. The van der Waals surface area contributed by atoms with Crippen molar-refractivity contribution in [3.63, 3.8) is 0 Å². The molecule has 0 atom stereocenters. The monoisotopic (exact) mass is 1180 g/mol. The molecule has 10 aromatic carbocycles. The molecule has 0 spiro atoms. The van der Waals surface area contributed by atoms with Gasteiger partial charge in [0, 0.05) is 66.3 Å². The largest absolute Gasteiger partial charge is 0.311 e. The van der Waals surface area contributed by atoms with E-state index in [1.165, 1.54) is 226 Å². The summed E-state index contributed by atoms with van der Waals surface area (Å²) >= 11 is 0. The van der Waals surface area contributed by atoms with Crippen LogP contribution >= 0.6 is 0 Å². The molecule has 9 aliphatic carbocycles. The first kappa shape index (κ1) is 51.4. The lowest BCUT2D eigenvalue weighted by Gasteiger charge is -2.57. The van der Waals surface area contributed by atoms with Crippen molar-refractivity contribution in [2.45, 2.75) is 140 Å². The third kappa shape index (κ3) is 6.64. The Labute approximate surface area is 533 Å². The van der Waals surface area contributed by atoms with Crippen molar-refractivity contribution in [3.8, 4) is 28.2 Å². The van der Waals surface area contributed by atoms with Gasteiger partial charge < -0.3 is 18.6 Å². The average molecular weight is 1180 g/mol. The van der Waals surface area contributed by atoms with Crippen LogP contribution in [0.4, 0.5) is 17.1 Å². The zero-order valence-corrected chi connectivity index (χ0v) is 53.6. The molecule has 8 fully saturated rings. The van der Waals surface area contributed by atoms with Crippen LogP contribution in [-0.2, 0) is 21.7 Å². The lowest BCUT2D eigenvalue weighted by atomic mass is 9.33. The first-order chi connectivity index (χ1) is 44.2. The number of anilines is 3. The fraction of sp³-hybridized carbons (Fsp3) is 0.326. The van der Waals surface area contributed by atoms with Gasteiger partial charge in [0.15, 0.2) is 0 Å². The normalized spacial score (nSPS) is 25.4. The molecule has 91 heavy (non-hydrogen) atoms. The van der Waals surface area contributed by atoms with Gasteiger partial charge in [-0.2, -0.15) is 0 Å². The van der Waals surface area contributed by atoms with Crippen LogP contribution in [0.3, 0.4) is 0 Å². The van der Waals surface area contributed by atoms with Crippen LogP contribution in [0, 0.1) is 35.5 Å². The first-order valence-corrected chi connectivity index (χ1v) is 35.1. The third-order valence-corrected chi connectivity index (χ3v) is 26.1. The highest BCUT2D eigenvalue weighted by atomic mass is 15.2. The van der Waals surface area contributed by atoms with Crippen LogP contribution in [0.2, 0.25) is 0 Å². The second-order valence-corrected chi connectivity index (χ2v) is 33.3. The molecule has 13 aromatic rings. The summed E-state index contributed by atoms with van der Waals surface area (Å²) in [4.78, 5) is 2.78. The Bertz CT molecular complexity index is 5390. The maximum absolute atomic E-state index is 2.83. The van der Waals surface area contributed by atoms with Crippen LogP contribution in [-0.4, -0.2) is 20.4 Å². The van der Waals surface area contributed by atoms with Gasteiger partial charge in [0.05, 0.1) is 33.3 Å². The molecule has 3 aromatic heterocycles. The Hall–Kier alpha value is -8.28. The average Bonchev–Trinajstić information content (AvgIpc) is 1.63. The number of para-hydroxylation sites is 1. The van der Waals surface area contributed by atoms with Crippen LogP contribution < -0.4 is 21.3 Å². The molecule has 4 nitrogen and oxygen atoms in total. The van der Waals surface area contributed by atoms with Crippen molar-refractivity contribution in [2.75, 3.05) is 4.90 Å². The summed E-state index contributed by atoms with van der Waals surface area (Å²) in [6, 6.07) is 71.6. The fourth-order valence-corrected chi connectivity index (χ4v) is 23.1. The Morgan fingerprint density at radius 3 is 1.56 bits per heavy atom. The zero-order valence-electron chi connectivity index (χ0n) is 53.6.